The molecule has 2 aliphatic carbocycles. The average molecular weight is 220 g/mol. The van der Waals surface area contributed by atoms with Crippen LogP contribution in [0.1, 0.15) is 46.0 Å². The average Bonchev–Trinajstić information content (AvgIpc) is 2.28. The van der Waals surface area contributed by atoms with Gasteiger partial charge in [0.2, 0.25) is 0 Å². The van der Waals surface area contributed by atoms with Crippen LogP contribution in [-0.2, 0) is 0 Å². The fraction of sp³-hybridized carbons (Fsp3) is 0.733. The van der Waals surface area contributed by atoms with E-state index in [1.165, 1.54) is 24.0 Å². The first-order valence-corrected chi connectivity index (χ1v) is 6.51. The third-order valence-electron chi connectivity index (χ3n) is 4.64. The smallest absolute Gasteiger partial charge is 0.0641 e. The molecular formula is C15H24O. The van der Waals surface area contributed by atoms with E-state index in [0.29, 0.717) is 5.41 Å². The molecule has 1 heteroatoms. The van der Waals surface area contributed by atoms with E-state index in [2.05, 4.69) is 26.5 Å². The van der Waals surface area contributed by atoms with Crippen LogP contribution in [0.3, 0.4) is 0 Å². The quantitative estimate of drug-likeness (QED) is 0.668. The Kier molecular flexibility index (Phi) is 3.25. The molecule has 0 saturated heterocycles. The van der Waals surface area contributed by atoms with Gasteiger partial charge in [0, 0.05) is 0 Å². The van der Waals surface area contributed by atoms with Gasteiger partial charge in [0.25, 0.3) is 0 Å². The van der Waals surface area contributed by atoms with Gasteiger partial charge in [0.15, 0.2) is 0 Å². The molecule has 0 aromatic rings. The molecule has 16 heavy (non-hydrogen) atoms. The van der Waals surface area contributed by atoms with Crippen LogP contribution in [0.15, 0.2) is 23.8 Å². The van der Waals surface area contributed by atoms with Gasteiger partial charge in [-0.3, -0.25) is 0 Å². The molecule has 0 aromatic carbocycles. The third-order valence-corrected chi connectivity index (χ3v) is 4.64. The summed E-state index contributed by atoms with van der Waals surface area (Å²) in [6.45, 7) is 9.26. The van der Waals surface area contributed by atoms with Crippen LogP contribution >= 0.6 is 0 Å². The van der Waals surface area contributed by atoms with Crippen LogP contribution in [0.25, 0.3) is 0 Å². The maximum atomic E-state index is 9.28. The predicted molar refractivity (Wildman–Crippen MR) is 68.2 cm³/mol. The van der Waals surface area contributed by atoms with E-state index in [1.54, 1.807) is 0 Å². The van der Waals surface area contributed by atoms with Gasteiger partial charge >= 0.3 is 0 Å². The molecule has 90 valence electrons. The van der Waals surface area contributed by atoms with Crippen molar-refractivity contribution in [2.75, 3.05) is 6.61 Å². The van der Waals surface area contributed by atoms with Crippen molar-refractivity contribution in [2.45, 2.75) is 46.0 Å². The highest BCUT2D eigenvalue weighted by Gasteiger charge is 2.47. The van der Waals surface area contributed by atoms with Gasteiger partial charge in [-0.2, -0.15) is 0 Å². The van der Waals surface area contributed by atoms with Gasteiger partial charge < -0.3 is 5.11 Å². The molecule has 0 radical (unpaired) electrons. The van der Waals surface area contributed by atoms with E-state index in [1.807, 2.05) is 0 Å². The lowest BCUT2D eigenvalue weighted by molar-refractivity contribution is 0.00350. The number of aliphatic hydroxyl groups excluding tert-OH is 1. The molecule has 2 rings (SSSR count). The lowest BCUT2D eigenvalue weighted by atomic mass is 9.52. The van der Waals surface area contributed by atoms with Crippen molar-refractivity contribution in [1.82, 2.24) is 0 Å². The Hall–Kier alpha value is -0.560. The summed E-state index contributed by atoms with van der Waals surface area (Å²) in [5, 5.41) is 9.28. The van der Waals surface area contributed by atoms with E-state index in [0.717, 1.165) is 31.1 Å². The summed E-state index contributed by atoms with van der Waals surface area (Å²) in [5.41, 5.74) is 3.16. The monoisotopic (exact) mass is 220 g/mol. The van der Waals surface area contributed by atoms with Crippen LogP contribution < -0.4 is 0 Å². The van der Waals surface area contributed by atoms with Crippen LogP contribution in [-0.4, -0.2) is 11.7 Å². The van der Waals surface area contributed by atoms with Crippen molar-refractivity contribution in [3.05, 3.63) is 23.8 Å². The van der Waals surface area contributed by atoms with Gasteiger partial charge in [0.1, 0.15) is 0 Å². The zero-order chi connectivity index (χ0) is 11.8. The summed E-state index contributed by atoms with van der Waals surface area (Å²) in [5.74, 6) is 1.54. The minimum Gasteiger partial charge on any atom is -0.392 e. The molecule has 0 amide bonds. The van der Waals surface area contributed by atoms with Crippen molar-refractivity contribution < 1.29 is 5.11 Å². The number of allylic oxidation sites excluding steroid dienone is 2. The van der Waals surface area contributed by atoms with Gasteiger partial charge in [-0.05, 0) is 54.9 Å². The molecule has 0 bridgehead atoms. The molecule has 1 fully saturated rings. The molecule has 1 N–H and O–H groups in total. The number of rotatable bonds is 1. The Balaban J connectivity index is 2.11. The standard InChI is InChI=1S/C15H24O/c1-11-5-4-6-12(10-16)7-8-14-13(11)9-15(14,2)3/h6,13-14,16H,1,4-5,7-10H2,2-3H3/b12-6-/t13-,14-/m1/s1. The topological polar surface area (TPSA) is 20.2 Å². The fourth-order valence-electron chi connectivity index (χ4n) is 3.50. The Morgan fingerprint density at radius 2 is 2.19 bits per heavy atom. The predicted octanol–water partition coefficient (Wildman–Crippen LogP) is 3.70. The maximum absolute atomic E-state index is 9.28. The van der Waals surface area contributed by atoms with Gasteiger partial charge in [-0.25, -0.2) is 0 Å². The second kappa shape index (κ2) is 4.37. The highest BCUT2D eigenvalue weighted by molar-refractivity contribution is 5.16. The van der Waals surface area contributed by atoms with Crippen molar-refractivity contribution >= 4 is 0 Å². The van der Waals surface area contributed by atoms with Gasteiger partial charge in [-0.1, -0.05) is 32.1 Å². The molecule has 1 saturated carbocycles. The Labute approximate surface area is 99.3 Å². The van der Waals surface area contributed by atoms with E-state index in [4.69, 9.17) is 0 Å². The van der Waals surface area contributed by atoms with E-state index in [-0.39, 0.29) is 6.61 Å². The number of hydrogen-bond donors (Lipinski definition) is 1. The van der Waals surface area contributed by atoms with Crippen molar-refractivity contribution in [3.8, 4) is 0 Å². The molecule has 0 aromatic heterocycles. The lowest BCUT2D eigenvalue weighted by Crippen LogP contribution is -2.44. The summed E-state index contributed by atoms with van der Waals surface area (Å²) in [6, 6.07) is 0. The van der Waals surface area contributed by atoms with Crippen LogP contribution in [0.5, 0.6) is 0 Å². The summed E-state index contributed by atoms with van der Waals surface area (Å²) in [7, 11) is 0. The minimum absolute atomic E-state index is 0.240. The zero-order valence-electron chi connectivity index (χ0n) is 10.6. The Morgan fingerprint density at radius 3 is 2.81 bits per heavy atom. The number of aliphatic hydroxyl groups is 1. The van der Waals surface area contributed by atoms with Gasteiger partial charge in [0.05, 0.1) is 6.61 Å². The van der Waals surface area contributed by atoms with Crippen molar-refractivity contribution in [2.24, 2.45) is 17.3 Å². The van der Waals surface area contributed by atoms with Crippen molar-refractivity contribution in [3.63, 3.8) is 0 Å². The maximum Gasteiger partial charge on any atom is 0.0641 e. The minimum atomic E-state index is 0.240. The SMILES string of the molecule is C=C1CC/C=C(\CO)CC[C@@H]2[C@@H]1CC2(C)C. The van der Waals surface area contributed by atoms with E-state index >= 15 is 0 Å². The molecule has 0 unspecified atom stereocenters. The first-order chi connectivity index (χ1) is 7.54. The molecule has 2 atom stereocenters. The van der Waals surface area contributed by atoms with Crippen LogP contribution in [0, 0.1) is 17.3 Å². The highest BCUT2D eigenvalue weighted by Crippen LogP contribution is 2.56. The van der Waals surface area contributed by atoms with E-state index in [9.17, 15) is 5.11 Å². The lowest BCUT2D eigenvalue weighted by Gasteiger charge is -2.53. The largest absolute Gasteiger partial charge is 0.392 e. The molecule has 0 spiro atoms. The third kappa shape index (κ3) is 2.10. The summed E-state index contributed by atoms with van der Waals surface area (Å²) in [6.07, 6.45) is 8.02. The Bertz CT molecular complexity index is 311. The number of fused-ring (bicyclic) bond motifs is 1. The first-order valence-electron chi connectivity index (χ1n) is 6.51. The molecule has 0 aliphatic heterocycles. The van der Waals surface area contributed by atoms with Crippen molar-refractivity contribution in [1.29, 1.82) is 0 Å². The molecular weight excluding hydrogens is 196 g/mol. The van der Waals surface area contributed by atoms with Gasteiger partial charge in [-0.15, -0.1) is 0 Å². The Morgan fingerprint density at radius 1 is 1.44 bits per heavy atom. The number of hydrogen-bond acceptors (Lipinski definition) is 1. The van der Waals surface area contributed by atoms with E-state index < -0.39 is 0 Å². The fourth-order valence-corrected chi connectivity index (χ4v) is 3.50. The normalized spacial score (nSPS) is 37.2. The van der Waals surface area contributed by atoms with Crippen LogP contribution in [0.4, 0.5) is 0 Å². The summed E-state index contributed by atoms with van der Waals surface area (Å²) < 4.78 is 0. The molecule has 1 nitrogen and oxygen atoms in total. The second-order valence-corrected chi connectivity index (χ2v) is 6.16. The first kappa shape index (κ1) is 11.9. The zero-order valence-corrected chi connectivity index (χ0v) is 10.6. The molecule has 0 heterocycles. The molecule has 2 aliphatic rings. The second-order valence-electron chi connectivity index (χ2n) is 6.16. The summed E-state index contributed by atoms with van der Waals surface area (Å²) in [4.78, 5) is 0. The van der Waals surface area contributed by atoms with Crippen LogP contribution in [0.2, 0.25) is 0 Å². The highest BCUT2D eigenvalue weighted by atomic mass is 16.3. The summed E-state index contributed by atoms with van der Waals surface area (Å²) >= 11 is 0.